The molecule has 0 spiro atoms. The van der Waals surface area contributed by atoms with E-state index in [1.165, 1.54) is 12.8 Å². The molecule has 1 saturated heterocycles. The Hall–Kier alpha value is -2.86. The lowest BCUT2D eigenvalue weighted by Crippen LogP contribution is -2.29. The van der Waals surface area contributed by atoms with Crippen LogP contribution in [0.2, 0.25) is 0 Å². The highest BCUT2D eigenvalue weighted by molar-refractivity contribution is 7.80. The Morgan fingerprint density at radius 2 is 1.83 bits per heavy atom. The van der Waals surface area contributed by atoms with E-state index in [2.05, 4.69) is 50.5 Å². The highest BCUT2D eigenvalue weighted by Crippen LogP contribution is 2.41. The number of nitrogens with one attached hydrogen (secondary N) is 2. The van der Waals surface area contributed by atoms with Gasteiger partial charge in [0.15, 0.2) is 5.11 Å². The fourth-order valence-electron chi connectivity index (χ4n) is 4.36. The van der Waals surface area contributed by atoms with Gasteiger partial charge in [0.1, 0.15) is 11.8 Å². The first-order valence-corrected chi connectivity index (χ1v) is 10.6. The van der Waals surface area contributed by atoms with Crippen molar-refractivity contribution in [2.45, 2.75) is 43.9 Å². The van der Waals surface area contributed by atoms with Crippen molar-refractivity contribution in [2.24, 2.45) is 0 Å². The Labute approximate surface area is 176 Å². The van der Waals surface area contributed by atoms with Crippen LogP contribution in [0.25, 0.3) is 0 Å². The lowest BCUT2D eigenvalue weighted by atomic mass is 10.0. The zero-order valence-electron chi connectivity index (χ0n) is 16.1. The molecule has 2 aliphatic rings. The summed E-state index contributed by atoms with van der Waals surface area (Å²) in [5.41, 5.74) is 3.11. The fraction of sp³-hybridized carbons (Fsp3) is 0.304. The molecule has 3 heterocycles. The first-order valence-electron chi connectivity index (χ1n) is 10.2. The molecule has 1 aliphatic carbocycles. The van der Waals surface area contributed by atoms with Crippen LogP contribution in [0.5, 0.6) is 5.75 Å². The van der Waals surface area contributed by atoms with Crippen molar-refractivity contribution in [2.75, 3.05) is 4.90 Å². The van der Waals surface area contributed by atoms with Gasteiger partial charge in [0.25, 0.3) is 0 Å². The number of anilines is 1. The van der Waals surface area contributed by atoms with Crippen LogP contribution in [0.1, 0.15) is 49.2 Å². The summed E-state index contributed by atoms with van der Waals surface area (Å²) < 4.78 is 6.13. The number of ether oxygens (including phenoxy) is 1. The lowest BCUT2D eigenvalue weighted by molar-refractivity contribution is 0.210. The maximum Gasteiger partial charge on any atom is 0.174 e. The van der Waals surface area contributed by atoms with Crippen LogP contribution < -0.4 is 15.0 Å². The smallest absolute Gasteiger partial charge is 0.174 e. The molecule has 0 amide bonds. The lowest BCUT2D eigenvalue weighted by Gasteiger charge is -2.27. The molecule has 0 unspecified atom stereocenters. The summed E-state index contributed by atoms with van der Waals surface area (Å²) in [6, 6.07) is 18.3. The predicted octanol–water partition coefficient (Wildman–Crippen LogP) is 4.91. The molecule has 1 aliphatic heterocycles. The van der Waals surface area contributed by atoms with Gasteiger partial charge in [-0.15, -0.1) is 0 Å². The van der Waals surface area contributed by atoms with Crippen molar-refractivity contribution in [3.05, 3.63) is 78.4 Å². The molecule has 3 aromatic rings. The molecule has 2 fully saturated rings. The van der Waals surface area contributed by atoms with Gasteiger partial charge in [0, 0.05) is 23.8 Å². The van der Waals surface area contributed by atoms with Crippen LogP contribution in [-0.2, 0) is 0 Å². The van der Waals surface area contributed by atoms with Crippen LogP contribution in [0, 0.1) is 0 Å². The zero-order chi connectivity index (χ0) is 19.6. The second-order valence-electron chi connectivity index (χ2n) is 7.64. The van der Waals surface area contributed by atoms with Gasteiger partial charge in [0.05, 0.1) is 17.8 Å². The Balaban J connectivity index is 1.45. The second kappa shape index (κ2) is 7.87. The van der Waals surface area contributed by atoms with Gasteiger partial charge in [-0.3, -0.25) is 4.98 Å². The van der Waals surface area contributed by atoms with E-state index in [9.17, 15) is 0 Å². The van der Waals surface area contributed by atoms with Crippen LogP contribution in [0.4, 0.5) is 5.69 Å². The average molecular weight is 405 g/mol. The molecule has 5 nitrogen and oxygen atoms in total. The second-order valence-corrected chi connectivity index (χ2v) is 8.03. The highest BCUT2D eigenvalue weighted by atomic mass is 32.1. The number of nitrogens with zero attached hydrogens (tertiary/aromatic N) is 2. The summed E-state index contributed by atoms with van der Waals surface area (Å²) in [6.07, 6.45) is 8.97. The van der Waals surface area contributed by atoms with E-state index in [1.54, 1.807) is 0 Å². The minimum absolute atomic E-state index is 0.00556. The van der Waals surface area contributed by atoms with E-state index in [0.29, 0.717) is 11.2 Å². The molecule has 29 heavy (non-hydrogen) atoms. The van der Waals surface area contributed by atoms with Crippen LogP contribution in [0.15, 0.2) is 67.0 Å². The third-order valence-electron chi connectivity index (χ3n) is 5.76. The van der Waals surface area contributed by atoms with Gasteiger partial charge >= 0.3 is 0 Å². The molecule has 1 saturated carbocycles. The summed E-state index contributed by atoms with van der Waals surface area (Å²) in [4.78, 5) is 10.1. The molecule has 6 heteroatoms. The summed E-state index contributed by atoms with van der Waals surface area (Å²) >= 11 is 5.74. The van der Waals surface area contributed by atoms with Crippen LogP contribution in [0.3, 0.4) is 0 Å². The molecular weight excluding hydrogens is 380 g/mol. The number of rotatable bonds is 5. The number of thiocarbonyl (C=S) groups is 1. The molecule has 0 radical (unpaired) electrons. The topological polar surface area (TPSA) is 53.2 Å². The van der Waals surface area contributed by atoms with Gasteiger partial charge in [-0.05, 0) is 86.4 Å². The average Bonchev–Trinajstić information content (AvgIpc) is 3.50. The van der Waals surface area contributed by atoms with Gasteiger partial charge in [-0.25, -0.2) is 0 Å². The van der Waals surface area contributed by atoms with Crippen LogP contribution >= 0.6 is 12.2 Å². The van der Waals surface area contributed by atoms with E-state index in [-0.39, 0.29) is 12.1 Å². The monoisotopic (exact) mass is 404 g/mol. The van der Waals surface area contributed by atoms with Crippen molar-refractivity contribution < 1.29 is 4.74 Å². The van der Waals surface area contributed by atoms with Gasteiger partial charge in [-0.1, -0.05) is 6.07 Å². The molecule has 2 N–H and O–H groups in total. The first kappa shape index (κ1) is 18.2. The van der Waals surface area contributed by atoms with Crippen molar-refractivity contribution in [3.63, 3.8) is 0 Å². The first-order chi connectivity index (χ1) is 14.3. The van der Waals surface area contributed by atoms with E-state index < -0.39 is 0 Å². The van der Waals surface area contributed by atoms with Crippen molar-refractivity contribution in [1.82, 2.24) is 15.3 Å². The minimum atomic E-state index is -0.0308. The predicted molar refractivity (Wildman–Crippen MR) is 118 cm³/mol. The number of benzene rings is 1. The Morgan fingerprint density at radius 3 is 2.52 bits per heavy atom. The molecule has 148 valence electrons. The maximum atomic E-state index is 6.13. The number of hydrogen-bond acceptors (Lipinski definition) is 3. The SMILES string of the molecule is S=C1N[C@@H](c2ccccn2)[C@H](c2ccc[nH]2)N1c1ccc(OC2CCCC2)cc1. The van der Waals surface area contributed by atoms with Gasteiger partial charge in [-0.2, -0.15) is 0 Å². The third-order valence-corrected chi connectivity index (χ3v) is 6.07. The quantitative estimate of drug-likeness (QED) is 0.592. The van der Waals surface area contributed by atoms with Crippen molar-refractivity contribution >= 4 is 23.0 Å². The van der Waals surface area contributed by atoms with Crippen molar-refractivity contribution in [1.29, 1.82) is 0 Å². The Kier molecular flexibility index (Phi) is 4.94. The number of pyridine rings is 1. The maximum absolute atomic E-state index is 6.13. The summed E-state index contributed by atoms with van der Waals surface area (Å²) in [7, 11) is 0. The van der Waals surface area contributed by atoms with Crippen molar-refractivity contribution in [3.8, 4) is 5.75 Å². The number of aromatic amines is 1. The van der Waals surface area contributed by atoms with Gasteiger partial charge < -0.3 is 19.9 Å². The largest absolute Gasteiger partial charge is 0.490 e. The van der Waals surface area contributed by atoms with E-state index in [1.807, 2.05) is 36.7 Å². The molecular formula is C23H24N4OS. The molecule has 5 rings (SSSR count). The zero-order valence-corrected chi connectivity index (χ0v) is 16.9. The number of hydrogen-bond donors (Lipinski definition) is 2. The molecule has 2 atom stereocenters. The molecule has 0 bridgehead atoms. The Bertz CT molecular complexity index is 952. The molecule has 1 aromatic carbocycles. The Morgan fingerprint density at radius 1 is 1.00 bits per heavy atom. The standard InChI is InChI=1S/C23H24N4OS/c29-23-26-21(19-8-3-4-14-24-19)22(20-9-5-15-25-20)27(23)16-10-12-18(13-11-16)28-17-6-1-2-7-17/h3-5,8-15,17,21-22,25H,1-2,6-7H2,(H,26,29)/t21-,22-/m0/s1. The highest BCUT2D eigenvalue weighted by Gasteiger charge is 2.41. The van der Waals surface area contributed by atoms with E-state index >= 15 is 0 Å². The molecule has 2 aromatic heterocycles. The normalized spacial score (nSPS) is 22.1. The summed E-state index contributed by atoms with van der Waals surface area (Å²) in [5.74, 6) is 0.927. The number of aromatic nitrogens is 2. The van der Waals surface area contributed by atoms with E-state index in [0.717, 1.165) is 35.7 Å². The van der Waals surface area contributed by atoms with Gasteiger partial charge in [0.2, 0.25) is 0 Å². The fourth-order valence-corrected chi connectivity index (χ4v) is 4.71. The number of H-pyrrole nitrogens is 1. The van der Waals surface area contributed by atoms with Crippen LogP contribution in [-0.4, -0.2) is 21.2 Å². The minimum Gasteiger partial charge on any atom is -0.490 e. The third kappa shape index (κ3) is 3.60. The summed E-state index contributed by atoms with van der Waals surface area (Å²) in [5, 5.41) is 4.17. The summed E-state index contributed by atoms with van der Waals surface area (Å²) in [6.45, 7) is 0. The van der Waals surface area contributed by atoms with E-state index in [4.69, 9.17) is 17.0 Å².